The highest BCUT2D eigenvalue weighted by Gasteiger charge is 2.31. The number of nitrogens with zero attached hydrogens (tertiary/aromatic N) is 2. The Bertz CT molecular complexity index is 1110. The van der Waals surface area contributed by atoms with Crippen LogP contribution in [0.5, 0.6) is 11.5 Å². The lowest BCUT2D eigenvalue weighted by atomic mass is 10.1. The molecule has 0 aliphatic heterocycles. The van der Waals surface area contributed by atoms with Crippen LogP contribution in [0.3, 0.4) is 0 Å². The smallest absolute Gasteiger partial charge is 0.244 e. The van der Waals surface area contributed by atoms with Crippen molar-refractivity contribution in [1.82, 2.24) is 10.2 Å². The van der Waals surface area contributed by atoms with Crippen LogP contribution in [0.1, 0.15) is 18.9 Å². The third kappa shape index (κ3) is 6.60. The molecule has 0 spiro atoms. The molecule has 0 aromatic heterocycles. The summed E-state index contributed by atoms with van der Waals surface area (Å²) in [6, 6.07) is 9.16. The first-order valence-corrected chi connectivity index (χ1v) is 12.4. The summed E-state index contributed by atoms with van der Waals surface area (Å²) >= 11 is 0. The van der Waals surface area contributed by atoms with Gasteiger partial charge >= 0.3 is 0 Å². The number of benzene rings is 2. The molecular weight excluding hydrogens is 465 g/mol. The van der Waals surface area contributed by atoms with E-state index in [1.165, 1.54) is 68.6 Å². The van der Waals surface area contributed by atoms with Crippen molar-refractivity contribution in [2.24, 2.45) is 0 Å². The van der Waals surface area contributed by atoms with Gasteiger partial charge in [0.2, 0.25) is 21.8 Å². The van der Waals surface area contributed by atoms with E-state index in [-0.39, 0.29) is 12.2 Å². The number of hydrogen-bond acceptors (Lipinski definition) is 6. The highest BCUT2D eigenvalue weighted by molar-refractivity contribution is 7.92. The van der Waals surface area contributed by atoms with Crippen molar-refractivity contribution in [1.29, 1.82) is 0 Å². The van der Waals surface area contributed by atoms with Crippen LogP contribution in [0.4, 0.5) is 10.1 Å². The second-order valence-electron chi connectivity index (χ2n) is 7.50. The number of hydrogen-bond donors (Lipinski definition) is 1. The zero-order valence-electron chi connectivity index (χ0n) is 19.9. The van der Waals surface area contributed by atoms with Gasteiger partial charge in [0.05, 0.1) is 26.2 Å². The fourth-order valence-electron chi connectivity index (χ4n) is 3.47. The third-order valence-electron chi connectivity index (χ3n) is 5.23. The number of halogens is 1. The number of anilines is 1. The lowest BCUT2D eigenvalue weighted by molar-refractivity contribution is -0.140. The second kappa shape index (κ2) is 11.7. The topological polar surface area (TPSA) is 105 Å². The first-order chi connectivity index (χ1) is 16.0. The van der Waals surface area contributed by atoms with Crippen molar-refractivity contribution in [3.05, 3.63) is 53.8 Å². The number of carbonyl (C=O) groups is 2. The van der Waals surface area contributed by atoms with E-state index in [9.17, 15) is 22.4 Å². The van der Waals surface area contributed by atoms with E-state index in [0.29, 0.717) is 23.5 Å². The maximum Gasteiger partial charge on any atom is 0.244 e. The fraction of sp³-hybridized carbons (Fsp3) is 0.391. The summed E-state index contributed by atoms with van der Waals surface area (Å²) in [4.78, 5) is 27.3. The molecule has 9 nitrogen and oxygen atoms in total. The predicted octanol–water partition coefficient (Wildman–Crippen LogP) is 2.16. The van der Waals surface area contributed by atoms with Crippen molar-refractivity contribution in [3.63, 3.8) is 0 Å². The monoisotopic (exact) mass is 495 g/mol. The minimum Gasteiger partial charge on any atom is -0.493 e. The standard InChI is InChI=1S/C23H30FN3O6S/c1-6-19(23(29)25-2)26(14-16-7-9-17(24)10-8-16)22(28)15-27(34(5,30)31)18-11-12-20(32-3)21(13-18)33-4/h7-13,19H,6,14-15H2,1-5H3,(H,25,29). The number of amides is 2. The Morgan fingerprint density at radius 2 is 1.68 bits per heavy atom. The number of ether oxygens (including phenoxy) is 2. The molecule has 1 N–H and O–H groups in total. The van der Waals surface area contributed by atoms with E-state index >= 15 is 0 Å². The van der Waals surface area contributed by atoms with Gasteiger partial charge < -0.3 is 19.7 Å². The van der Waals surface area contributed by atoms with Crippen LogP contribution < -0.4 is 19.1 Å². The molecule has 0 radical (unpaired) electrons. The summed E-state index contributed by atoms with van der Waals surface area (Å²) in [7, 11) is 0.433. The summed E-state index contributed by atoms with van der Waals surface area (Å²) in [6.45, 7) is 1.19. The number of sulfonamides is 1. The van der Waals surface area contributed by atoms with Gasteiger partial charge in [0.25, 0.3) is 0 Å². The first kappa shape index (κ1) is 26.9. The van der Waals surface area contributed by atoms with E-state index in [2.05, 4.69) is 5.32 Å². The van der Waals surface area contributed by atoms with Crippen molar-refractivity contribution < 1.29 is 31.9 Å². The quantitative estimate of drug-likeness (QED) is 0.512. The molecule has 0 saturated carbocycles. The number of carbonyl (C=O) groups excluding carboxylic acids is 2. The summed E-state index contributed by atoms with van der Waals surface area (Å²) < 4.78 is 50.0. The number of rotatable bonds is 11. The normalized spacial score (nSPS) is 11.9. The van der Waals surface area contributed by atoms with Gasteiger partial charge in [-0.05, 0) is 36.2 Å². The fourth-order valence-corrected chi connectivity index (χ4v) is 4.31. The summed E-state index contributed by atoms with van der Waals surface area (Å²) in [5, 5.41) is 2.53. The molecule has 0 aliphatic carbocycles. The maximum absolute atomic E-state index is 13.5. The van der Waals surface area contributed by atoms with Gasteiger partial charge in [0.1, 0.15) is 18.4 Å². The van der Waals surface area contributed by atoms with Crippen LogP contribution in [0.15, 0.2) is 42.5 Å². The summed E-state index contributed by atoms with van der Waals surface area (Å²) in [6.07, 6.45) is 1.28. The van der Waals surface area contributed by atoms with Gasteiger partial charge in [-0.25, -0.2) is 12.8 Å². The van der Waals surface area contributed by atoms with Crippen molar-refractivity contribution in [2.45, 2.75) is 25.9 Å². The van der Waals surface area contributed by atoms with Gasteiger partial charge in [-0.2, -0.15) is 0 Å². The van der Waals surface area contributed by atoms with Crippen molar-refractivity contribution in [3.8, 4) is 11.5 Å². The van der Waals surface area contributed by atoms with Gasteiger partial charge in [0.15, 0.2) is 11.5 Å². The predicted molar refractivity (Wildman–Crippen MR) is 127 cm³/mol. The molecule has 2 amide bonds. The van der Waals surface area contributed by atoms with Crippen LogP contribution in [0.2, 0.25) is 0 Å². The molecule has 1 unspecified atom stereocenters. The Labute approximate surface area is 199 Å². The average molecular weight is 496 g/mol. The van der Waals surface area contributed by atoms with Crippen LogP contribution in [-0.2, 0) is 26.2 Å². The molecule has 34 heavy (non-hydrogen) atoms. The molecule has 0 aliphatic rings. The zero-order chi connectivity index (χ0) is 25.5. The summed E-state index contributed by atoms with van der Waals surface area (Å²) in [5.41, 5.74) is 0.789. The van der Waals surface area contributed by atoms with Crippen LogP contribution in [0, 0.1) is 5.82 Å². The molecule has 186 valence electrons. The lowest BCUT2D eigenvalue weighted by Crippen LogP contribution is -2.51. The van der Waals surface area contributed by atoms with Crippen LogP contribution in [-0.4, -0.2) is 65.2 Å². The molecule has 2 rings (SSSR count). The molecule has 2 aromatic rings. The van der Waals surface area contributed by atoms with E-state index in [1.807, 2.05) is 0 Å². The SMILES string of the molecule is CCC(C(=O)NC)N(Cc1ccc(F)cc1)C(=O)CN(c1ccc(OC)c(OC)c1)S(C)(=O)=O. The third-order valence-corrected chi connectivity index (χ3v) is 6.37. The Hall–Kier alpha value is -3.34. The van der Waals surface area contributed by atoms with Gasteiger partial charge in [-0.15, -0.1) is 0 Å². The van der Waals surface area contributed by atoms with Crippen LogP contribution >= 0.6 is 0 Å². The van der Waals surface area contributed by atoms with E-state index < -0.39 is 40.2 Å². The molecule has 0 bridgehead atoms. The average Bonchev–Trinajstić information content (AvgIpc) is 2.82. The van der Waals surface area contributed by atoms with Crippen molar-refractivity contribution in [2.75, 3.05) is 38.4 Å². The number of methoxy groups -OCH3 is 2. The molecule has 0 fully saturated rings. The molecule has 0 heterocycles. The Kier molecular flexibility index (Phi) is 9.25. The number of likely N-dealkylation sites (N-methyl/N-ethyl adjacent to an activating group) is 1. The van der Waals surface area contributed by atoms with E-state index in [0.717, 1.165) is 10.6 Å². The van der Waals surface area contributed by atoms with E-state index in [4.69, 9.17) is 9.47 Å². The van der Waals surface area contributed by atoms with Gasteiger partial charge in [-0.1, -0.05) is 19.1 Å². The molecule has 11 heteroatoms. The van der Waals surface area contributed by atoms with Gasteiger partial charge in [0, 0.05) is 19.7 Å². The number of nitrogens with one attached hydrogen (secondary N) is 1. The molecule has 1 atom stereocenters. The highest BCUT2D eigenvalue weighted by atomic mass is 32.2. The van der Waals surface area contributed by atoms with Crippen LogP contribution in [0.25, 0.3) is 0 Å². The van der Waals surface area contributed by atoms with Crippen molar-refractivity contribution >= 4 is 27.5 Å². The summed E-state index contributed by atoms with van der Waals surface area (Å²) in [5.74, 6) is -0.734. The highest BCUT2D eigenvalue weighted by Crippen LogP contribution is 2.32. The molecular formula is C23H30FN3O6S. The largest absolute Gasteiger partial charge is 0.493 e. The molecule has 0 saturated heterocycles. The Balaban J connectivity index is 2.46. The first-order valence-electron chi connectivity index (χ1n) is 10.5. The lowest BCUT2D eigenvalue weighted by Gasteiger charge is -2.32. The molecule has 2 aromatic carbocycles. The van der Waals surface area contributed by atoms with Gasteiger partial charge in [-0.3, -0.25) is 13.9 Å². The zero-order valence-corrected chi connectivity index (χ0v) is 20.7. The Morgan fingerprint density at radius 3 is 2.18 bits per heavy atom. The minimum atomic E-state index is -3.89. The minimum absolute atomic E-state index is 0.00538. The van der Waals surface area contributed by atoms with E-state index in [1.54, 1.807) is 6.92 Å². The Morgan fingerprint density at radius 1 is 1.06 bits per heavy atom. The maximum atomic E-state index is 13.5. The second-order valence-corrected chi connectivity index (χ2v) is 9.40.